The Bertz CT molecular complexity index is 237. The highest BCUT2D eigenvalue weighted by atomic mass is 16.2. The van der Waals surface area contributed by atoms with Gasteiger partial charge in [-0.2, -0.15) is 0 Å². The molecule has 0 rings (SSSR count). The number of nitrogens with zero attached hydrogens (tertiary/aromatic N) is 1. The van der Waals surface area contributed by atoms with Gasteiger partial charge in [-0.3, -0.25) is 4.79 Å². The van der Waals surface area contributed by atoms with Crippen LogP contribution in [0.5, 0.6) is 0 Å². The summed E-state index contributed by atoms with van der Waals surface area (Å²) < 4.78 is 0. The second kappa shape index (κ2) is 8.48. The van der Waals surface area contributed by atoms with Gasteiger partial charge in [0.2, 0.25) is 5.91 Å². The Morgan fingerprint density at radius 1 is 1.22 bits per heavy atom. The summed E-state index contributed by atoms with van der Waals surface area (Å²) in [6, 6.07) is -0.0298. The van der Waals surface area contributed by atoms with E-state index in [0.29, 0.717) is 18.5 Å². The van der Waals surface area contributed by atoms with Gasteiger partial charge < -0.3 is 16.0 Å². The van der Waals surface area contributed by atoms with Crippen molar-refractivity contribution in [1.82, 2.24) is 10.2 Å². The number of hydrogen-bond donors (Lipinski definition) is 2. The quantitative estimate of drug-likeness (QED) is 0.692. The average Bonchev–Trinajstić information content (AvgIpc) is 2.32. The maximum absolute atomic E-state index is 11.9. The van der Waals surface area contributed by atoms with E-state index in [1.165, 1.54) is 0 Å². The third-order valence-corrected chi connectivity index (χ3v) is 3.76. The summed E-state index contributed by atoms with van der Waals surface area (Å²) in [5, 5.41) is 2.99. The molecule has 0 heterocycles. The largest absolute Gasteiger partial charge is 0.353 e. The Morgan fingerprint density at radius 3 is 2.06 bits per heavy atom. The number of carbonyl (C=O) groups excluding carboxylic acids is 1. The minimum atomic E-state index is -0.408. The zero-order valence-corrected chi connectivity index (χ0v) is 12.9. The molecule has 1 amide bonds. The first-order chi connectivity index (χ1) is 8.34. The molecule has 18 heavy (non-hydrogen) atoms. The van der Waals surface area contributed by atoms with Gasteiger partial charge in [0.05, 0.1) is 6.04 Å². The number of nitrogens with one attached hydrogen (secondary N) is 1. The Balaban J connectivity index is 4.40. The smallest absolute Gasteiger partial charge is 0.237 e. The van der Waals surface area contributed by atoms with Gasteiger partial charge in [-0.25, -0.2) is 0 Å². The molecular formula is C14H31N3O. The van der Waals surface area contributed by atoms with Crippen molar-refractivity contribution in [2.24, 2.45) is 17.6 Å². The van der Waals surface area contributed by atoms with Crippen LogP contribution >= 0.6 is 0 Å². The standard InChI is InChI=1S/C14H31N3O/c1-7-11(8-2)12(17(5)6)9-16-14(18)13(15)10(3)4/h10-13H,7-9,15H2,1-6H3,(H,16,18)/t12?,13-/m1/s1. The van der Waals surface area contributed by atoms with Crippen molar-refractivity contribution in [3.63, 3.8) is 0 Å². The molecule has 2 atom stereocenters. The molecule has 0 aromatic heterocycles. The van der Waals surface area contributed by atoms with Crippen molar-refractivity contribution in [1.29, 1.82) is 0 Å². The minimum Gasteiger partial charge on any atom is -0.353 e. The molecule has 0 aliphatic rings. The molecule has 4 nitrogen and oxygen atoms in total. The van der Waals surface area contributed by atoms with Crippen LogP contribution in [0.2, 0.25) is 0 Å². The molecule has 0 fully saturated rings. The molecule has 0 aliphatic heterocycles. The first kappa shape index (κ1) is 17.4. The molecule has 1 unspecified atom stereocenters. The van der Waals surface area contributed by atoms with E-state index < -0.39 is 6.04 Å². The first-order valence-electron chi connectivity index (χ1n) is 7.04. The zero-order valence-electron chi connectivity index (χ0n) is 12.9. The van der Waals surface area contributed by atoms with Gasteiger partial charge in [-0.1, -0.05) is 40.5 Å². The van der Waals surface area contributed by atoms with Crippen molar-refractivity contribution in [3.05, 3.63) is 0 Å². The number of hydrogen-bond acceptors (Lipinski definition) is 3. The lowest BCUT2D eigenvalue weighted by Crippen LogP contribution is -2.50. The second-order valence-electron chi connectivity index (χ2n) is 5.62. The maximum Gasteiger partial charge on any atom is 0.237 e. The highest BCUT2D eigenvalue weighted by Gasteiger charge is 2.23. The number of nitrogens with two attached hydrogens (primary N) is 1. The van der Waals surface area contributed by atoms with Gasteiger partial charge in [0.1, 0.15) is 0 Å². The van der Waals surface area contributed by atoms with Crippen molar-refractivity contribution in [3.8, 4) is 0 Å². The first-order valence-corrected chi connectivity index (χ1v) is 7.04. The highest BCUT2D eigenvalue weighted by Crippen LogP contribution is 2.16. The maximum atomic E-state index is 11.9. The van der Waals surface area contributed by atoms with E-state index in [1.54, 1.807) is 0 Å². The summed E-state index contributed by atoms with van der Waals surface area (Å²) in [5.74, 6) is 0.745. The van der Waals surface area contributed by atoms with E-state index in [0.717, 1.165) is 12.8 Å². The summed E-state index contributed by atoms with van der Waals surface area (Å²) in [6.07, 6.45) is 2.26. The molecule has 0 radical (unpaired) electrons. The van der Waals surface area contributed by atoms with Crippen molar-refractivity contribution < 1.29 is 4.79 Å². The van der Waals surface area contributed by atoms with E-state index >= 15 is 0 Å². The predicted octanol–water partition coefficient (Wildman–Crippen LogP) is 1.45. The summed E-state index contributed by atoms with van der Waals surface area (Å²) in [4.78, 5) is 14.0. The number of amides is 1. The normalized spacial score (nSPS) is 15.2. The highest BCUT2D eigenvalue weighted by molar-refractivity contribution is 5.81. The summed E-state index contributed by atoms with van der Waals surface area (Å²) in [6.45, 7) is 9.01. The zero-order chi connectivity index (χ0) is 14.3. The molecule has 4 heteroatoms. The van der Waals surface area contributed by atoms with Crippen LogP contribution in [0.25, 0.3) is 0 Å². The fourth-order valence-electron chi connectivity index (χ4n) is 2.23. The third-order valence-electron chi connectivity index (χ3n) is 3.76. The average molecular weight is 257 g/mol. The topological polar surface area (TPSA) is 58.4 Å². The molecule has 0 aromatic rings. The Labute approximate surface area is 112 Å². The van der Waals surface area contributed by atoms with Crippen molar-refractivity contribution in [2.45, 2.75) is 52.6 Å². The summed E-state index contributed by atoms with van der Waals surface area (Å²) in [7, 11) is 4.13. The Morgan fingerprint density at radius 2 is 1.72 bits per heavy atom. The van der Waals surface area contributed by atoms with Gasteiger partial charge in [-0.05, 0) is 25.9 Å². The van der Waals surface area contributed by atoms with Crippen LogP contribution in [-0.4, -0.2) is 43.5 Å². The van der Waals surface area contributed by atoms with Crippen molar-refractivity contribution >= 4 is 5.91 Å². The molecule has 0 aromatic carbocycles. The predicted molar refractivity (Wildman–Crippen MR) is 77.4 cm³/mol. The molecule has 0 bridgehead atoms. The molecule has 108 valence electrons. The number of carbonyl (C=O) groups is 1. The lowest BCUT2D eigenvalue weighted by Gasteiger charge is -2.32. The fraction of sp³-hybridized carbons (Fsp3) is 0.929. The van der Waals surface area contributed by atoms with Crippen LogP contribution in [0.4, 0.5) is 0 Å². The molecule has 0 saturated carbocycles. The molecule has 0 saturated heterocycles. The number of likely N-dealkylation sites (N-methyl/N-ethyl adjacent to an activating group) is 1. The minimum absolute atomic E-state index is 0.0391. The van der Waals surface area contributed by atoms with E-state index in [2.05, 4.69) is 38.2 Å². The van der Waals surface area contributed by atoms with E-state index in [9.17, 15) is 4.79 Å². The van der Waals surface area contributed by atoms with E-state index in [-0.39, 0.29) is 11.8 Å². The third kappa shape index (κ3) is 5.36. The van der Waals surface area contributed by atoms with Gasteiger partial charge in [0.25, 0.3) is 0 Å². The Hall–Kier alpha value is -0.610. The SMILES string of the molecule is CCC(CC)C(CNC(=O)[C@H](N)C(C)C)N(C)C. The van der Waals surface area contributed by atoms with E-state index in [1.807, 2.05) is 13.8 Å². The lowest BCUT2D eigenvalue weighted by molar-refractivity contribution is -0.123. The molecule has 0 aliphatic carbocycles. The molecule has 3 N–H and O–H groups in total. The van der Waals surface area contributed by atoms with Crippen LogP contribution in [0.3, 0.4) is 0 Å². The second-order valence-corrected chi connectivity index (χ2v) is 5.62. The van der Waals surface area contributed by atoms with Crippen LogP contribution < -0.4 is 11.1 Å². The van der Waals surface area contributed by atoms with Gasteiger partial charge in [0, 0.05) is 12.6 Å². The van der Waals surface area contributed by atoms with Crippen LogP contribution in [-0.2, 0) is 4.79 Å². The van der Waals surface area contributed by atoms with Gasteiger partial charge in [0.15, 0.2) is 0 Å². The van der Waals surface area contributed by atoms with Crippen LogP contribution in [0, 0.1) is 11.8 Å². The fourth-order valence-corrected chi connectivity index (χ4v) is 2.23. The van der Waals surface area contributed by atoms with Crippen LogP contribution in [0.15, 0.2) is 0 Å². The van der Waals surface area contributed by atoms with Gasteiger partial charge in [-0.15, -0.1) is 0 Å². The van der Waals surface area contributed by atoms with E-state index in [4.69, 9.17) is 5.73 Å². The number of rotatable bonds is 8. The van der Waals surface area contributed by atoms with Crippen LogP contribution in [0.1, 0.15) is 40.5 Å². The lowest BCUT2D eigenvalue weighted by atomic mass is 9.93. The van der Waals surface area contributed by atoms with Crippen molar-refractivity contribution in [2.75, 3.05) is 20.6 Å². The monoisotopic (exact) mass is 257 g/mol. The summed E-state index contributed by atoms with van der Waals surface area (Å²) >= 11 is 0. The summed E-state index contributed by atoms with van der Waals surface area (Å²) in [5.41, 5.74) is 5.84. The van der Waals surface area contributed by atoms with Gasteiger partial charge >= 0.3 is 0 Å². The molecule has 0 spiro atoms. The Kier molecular flexibility index (Phi) is 8.20. The molecular weight excluding hydrogens is 226 g/mol.